The van der Waals surface area contributed by atoms with Crippen molar-refractivity contribution in [2.75, 3.05) is 18.1 Å². The van der Waals surface area contributed by atoms with E-state index in [-0.39, 0.29) is 6.61 Å². The summed E-state index contributed by atoms with van der Waals surface area (Å²) in [6, 6.07) is 0. The van der Waals surface area contributed by atoms with Crippen LogP contribution in [0.25, 0.3) is 16.8 Å². The standard InChI is InChI=1S/C14H17N5O4S/c20-3-4-24-5-8-10(21)11(22)14(23-8)19-7-16-9-12-15-1-2-18(12)6-17-13(9)19/h1-2,6-8,10-11,14,20-22H,3-5H2/t8-,10-,11-,14-/m1/s1. The van der Waals surface area contributed by atoms with Crippen LogP contribution in [0.4, 0.5) is 0 Å². The smallest absolute Gasteiger partial charge is 0.167 e. The molecular formula is C14H17N5O4S. The predicted octanol–water partition coefficient (Wildman–Crippen LogP) is -0.576. The van der Waals surface area contributed by atoms with Gasteiger partial charge in [0.25, 0.3) is 0 Å². The van der Waals surface area contributed by atoms with Crippen LogP contribution in [0.1, 0.15) is 6.23 Å². The third-order valence-electron chi connectivity index (χ3n) is 4.08. The Labute approximate surface area is 140 Å². The lowest BCUT2D eigenvalue weighted by Crippen LogP contribution is -2.32. The molecule has 128 valence electrons. The van der Waals surface area contributed by atoms with Crippen molar-refractivity contribution in [3.63, 3.8) is 0 Å². The lowest BCUT2D eigenvalue weighted by molar-refractivity contribution is -0.0289. The van der Waals surface area contributed by atoms with Crippen molar-refractivity contribution < 1.29 is 20.1 Å². The molecule has 3 aromatic heterocycles. The Morgan fingerprint density at radius 1 is 1.12 bits per heavy atom. The maximum absolute atomic E-state index is 10.4. The number of aliphatic hydroxyl groups excluding tert-OH is 3. The Morgan fingerprint density at radius 3 is 2.83 bits per heavy atom. The van der Waals surface area contributed by atoms with Gasteiger partial charge in [-0.2, -0.15) is 11.8 Å². The Morgan fingerprint density at radius 2 is 2.00 bits per heavy atom. The first-order valence-electron chi connectivity index (χ1n) is 7.55. The van der Waals surface area contributed by atoms with Crippen LogP contribution in [0.15, 0.2) is 25.0 Å². The maximum atomic E-state index is 10.4. The summed E-state index contributed by atoms with van der Waals surface area (Å²) in [6.07, 6.45) is 3.22. The Bertz CT molecular complexity index is 852. The second-order valence-corrected chi connectivity index (χ2v) is 6.72. The van der Waals surface area contributed by atoms with E-state index in [9.17, 15) is 10.2 Å². The molecule has 0 amide bonds. The highest BCUT2D eigenvalue weighted by molar-refractivity contribution is 7.99. The van der Waals surface area contributed by atoms with Gasteiger partial charge in [-0.1, -0.05) is 0 Å². The number of hydrogen-bond acceptors (Lipinski definition) is 8. The second kappa shape index (κ2) is 6.30. The van der Waals surface area contributed by atoms with E-state index >= 15 is 0 Å². The summed E-state index contributed by atoms with van der Waals surface area (Å²) >= 11 is 1.46. The monoisotopic (exact) mass is 351 g/mol. The predicted molar refractivity (Wildman–Crippen MR) is 86.6 cm³/mol. The molecule has 1 saturated heterocycles. The Hall–Kier alpha value is -1.72. The van der Waals surface area contributed by atoms with Gasteiger partial charge in [-0.3, -0.25) is 8.97 Å². The molecule has 0 aliphatic carbocycles. The lowest BCUT2D eigenvalue weighted by Gasteiger charge is -2.16. The van der Waals surface area contributed by atoms with Crippen molar-refractivity contribution in [2.45, 2.75) is 24.5 Å². The van der Waals surface area contributed by atoms with Crippen LogP contribution in [0, 0.1) is 0 Å². The summed E-state index contributed by atoms with van der Waals surface area (Å²) in [6.45, 7) is 0.0653. The molecule has 10 heteroatoms. The van der Waals surface area contributed by atoms with E-state index in [0.29, 0.717) is 28.3 Å². The molecule has 0 aromatic carbocycles. The van der Waals surface area contributed by atoms with Crippen molar-refractivity contribution in [1.82, 2.24) is 23.9 Å². The number of fused-ring (bicyclic) bond motifs is 3. The van der Waals surface area contributed by atoms with Gasteiger partial charge in [-0.05, 0) is 0 Å². The summed E-state index contributed by atoms with van der Waals surface area (Å²) in [4.78, 5) is 12.9. The van der Waals surface area contributed by atoms with E-state index in [4.69, 9.17) is 9.84 Å². The van der Waals surface area contributed by atoms with E-state index in [1.807, 2.05) is 0 Å². The van der Waals surface area contributed by atoms with Crippen molar-refractivity contribution in [2.24, 2.45) is 0 Å². The van der Waals surface area contributed by atoms with Crippen molar-refractivity contribution in [1.29, 1.82) is 0 Å². The molecule has 1 fully saturated rings. The molecule has 3 N–H and O–H groups in total. The summed E-state index contributed by atoms with van der Waals surface area (Å²) in [5.41, 5.74) is 1.81. The molecule has 0 bridgehead atoms. The zero-order chi connectivity index (χ0) is 16.7. The summed E-state index contributed by atoms with van der Waals surface area (Å²) in [5.74, 6) is 1.04. The number of aromatic nitrogens is 5. The number of aliphatic hydroxyl groups is 3. The molecule has 0 radical (unpaired) electrons. The molecule has 1 aliphatic heterocycles. The van der Waals surface area contributed by atoms with Crippen LogP contribution in [0.2, 0.25) is 0 Å². The van der Waals surface area contributed by atoms with Gasteiger partial charge in [0.1, 0.15) is 18.5 Å². The molecule has 0 spiro atoms. The molecule has 3 aromatic rings. The number of rotatable bonds is 5. The minimum absolute atomic E-state index is 0.0653. The van der Waals surface area contributed by atoms with Crippen molar-refractivity contribution in [3.05, 3.63) is 25.0 Å². The van der Waals surface area contributed by atoms with Gasteiger partial charge < -0.3 is 20.1 Å². The van der Waals surface area contributed by atoms with Gasteiger partial charge >= 0.3 is 0 Å². The molecule has 0 saturated carbocycles. The van der Waals surface area contributed by atoms with Crippen LogP contribution in [-0.4, -0.2) is 75.7 Å². The quantitative estimate of drug-likeness (QED) is 0.523. The molecule has 4 rings (SSSR count). The Balaban J connectivity index is 1.64. The first-order valence-corrected chi connectivity index (χ1v) is 8.70. The maximum Gasteiger partial charge on any atom is 0.167 e. The van der Waals surface area contributed by atoms with E-state index in [0.717, 1.165) is 0 Å². The van der Waals surface area contributed by atoms with Crippen LogP contribution in [0.5, 0.6) is 0 Å². The molecule has 0 unspecified atom stereocenters. The highest BCUT2D eigenvalue weighted by Gasteiger charge is 2.44. The highest BCUT2D eigenvalue weighted by Crippen LogP contribution is 2.33. The molecule has 4 heterocycles. The third-order valence-corrected chi connectivity index (χ3v) is 5.12. The van der Waals surface area contributed by atoms with Crippen LogP contribution in [-0.2, 0) is 4.74 Å². The Kier molecular flexibility index (Phi) is 4.14. The second-order valence-electron chi connectivity index (χ2n) is 5.57. The SMILES string of the molecule is OCCSC[C@H]1O[C@@H](n2cnc3c2ncn2ccnc32)[C@H](O)[C@@H]1O. The zero-order valence-electron chi connectivity index (χ0n) is 12.6. The summed E-state index contributed by atoms with van der Waals surface area (Å²) < 4.78 is 9.21. The van der Waals surface area contributed by atoms with E-state index in [2.05, 4.69) is 15.0 Å². The van der Waals surface area contributed by atoms with Gasteiger partial charge in [0.15, 0.2) is 23.0 Å². The first-order chi connectivity index (χ1) is 11.7. The van der Waals surface area contributed by atoms with Gasteiger partial charge in [0.2, 0.25) is 0 Å². The topological polar surface area (TPSA) is 118 Å². The van der Waals surface area contributed by atoms with E-state index in [1.54, 1.807) is 27.7 Å². The van der Waals surface area contributed by atoms with Crippen LogP contribution in [0.3, 0.4) is 0 Å². The van der Waals surface area contributed by atoms with E-state index in [1.165, 1.54) is 18.1 Å². The fourth-order valence-corrected chi connectivity index (χ4v) is 3.70. The largest absolute Gasteiger partial charge is 0.396 e. The fraction of sp³-hybridized carbons (Fsp3) is 0.500. The molecule has 9 nitrogen and oxygen atoms in total. The van der Waals surface area contributed by atoms with Gasteiger partial charge in [0.05, 0.1) is 19.0 Å². The van der Waals surface area contributed by atoms with Crippen molar-refractivity contribution in [3.8, 4) is 0 Å². The fourth-order valence-electron chi connectivity index (χ4n) is 2.89. The summed E-state index contributed by atoms with van der Waals surface area (Å²) in [5, 5.41) is 29.4. The first kappa shape index (κ1) is 15.8. The number of hydrogen-bond donors (Lipinski definition) is 3. The van der Waals surface area contributed by atoms with Crippen LogP contribution < -0.4 is 0 Å². The average molecular weight is 351 g/mol. The minimum Gasteiger partial charge on any atom is -0.396 e. The molecular weight excluding hydrogens is 334 g/mol. The average Bonchev–Trinajstić information content (AvgIpc) is 3.27. The molecule has 4 atom stereocenters. The molecule has 1 aliphatic rings. The normalized spacial score (nSPS) is 27.5. The lowest BCUT2D eigenvalue weighted by atomic mass is 10.1. The van der Waals surface area contributed by atoms with Crippen LogP contribution >= 0.6 is 11.8 Å². The number of thioether (sulfide) groups is 1. The van der Waals surface area contributed by atoms with Gasteiger partial charge in [0, 0.05) is 23.9 Å². The minimum atomic E-state index is -1.08. The van der Waals surface area contributed by atoms with Gasteiger partial charge in [-0.15, -0.1) is 0 Å². The van der Waals surface area contributed by atoms with Gasteiger partial charge in [-0.25, -0.2) is 15.0 Å². The molecule has 24 heavy (non-hydrogen) atoms. The van der Waals surface area contributed by atoms with E-state index < -0.39 is 24.5 Å². The number of nitrogens with zero attached hydrogens (tertiary/aromatic N) is 5. The zero-order valence-corrected chi connectivity index (χ0v) is 13.5. The van der Waals surface area contributed by atoms with Crippen molar-refractivity contribution >= 4 is 28.6 Å². The third kappa shape index (κ3) is 2.47. The highest BCUT2D eigenvalue weighted by atomic mass is 32.2. The number of imidazole rings is 2. The number of ether oxygens (including phenoxy) is 1. The summed E-state index contributed by atoms with van der Waals surface area (Å²) in [7, 11) is 0.